The van der Waals surface area contributed by atoms with E-state index in [1.807, 2.05) is 20.8 Å². The van der Waals surface area contributed by atoms with Crippen molar-refractivity contribution in [2.45, 2.75) is 60.0 Å². The second-order valence-corrected chi connectivity index (χ2v) is 8.98. The standard InChI is InChI=1S/C21H34N4O2.HI/c1-15-11-16(2)13-17(12-15)24-18(22)23-14-21(6)7-9-25(10-8-21)19(26)27-20(3,4)5;/h11-13H,7-10,14H2,1-6H3,(H3,22,23,24);1H. The topological polar surface area (TPSA) is 80.0 Å². The molecule has 1 aromatic rings. The Labute approximate surface area is 186 Å². The monoisotopic (exact) mass is 502 g/mol. The number of nitrogens with one attached hydrogen (secondary N) is 1. The van der Waals surface area contributed by atoms with E-state index in [-0.39, 0.29) is 35.5 Å². The minimum absolute atomic E-state index is 0. The average Bonchev–Trinajstić information content (AvgIpc) is 2.51. The van der Waals surface area contributed by atoms with Gasteiger partial charge < -0.3 is 20.7 Å². The number of benzene rings is 1. The lowest BCUT2D eigenvalue weighted by Crippen LogP contribution is -2.45. The van der Waals surface area contributed by atoms with Crippen LogP contribution in [0.2, 0.25) is 0 Å². The molecule has 7 heteroatoms. The zero-order valence-electron chi connectivity index (χ0n) is 18.0. The third-order valence-corrected chi connectivity index (χ3v) is 4.75. The Hall–Kier alpha value is -1.51. The minimum atomic E-state index is -0.462. The molecule has 0 atom stereocenters. The van der Waals surface area contributed by atoms with Gasteiger partial charge in [-0.15, -0.1) is 24.0 Å². The van der Waals surface area contributed by atoms with Crippen molar-refractivity contribution < 1.29 is 9.53 Å². The predicted molar refractivity (Wildman–Crippen MR) is 127 cm³/mol. The van der Waals surface area contributed by atoms with Crippen molar-refractivity contribution in [1.82, 2.24) is 4.90 Å². The van der Waals surface area contributed by atoms with Gasteiger partial charge in [0.1, 0.15) is 5.60 Å². The highest BCUT2D eigenvalue weighted by atomic mass is 127. The summed E-state index contributed by atoms with van der Waals surface area (Å²) in [5, 5.41) is 3.18. The van der Waals surface area contributed by atoms with Crippen LogP contribution in [-0.4, -0.2) is 42.2 Å². The number of nitrogens with zero attached hydrogens (tertiary/aromatic N) is 2. The number of rotatable bonds is 3. The van der Waals surface area contributed by atoms with Crippen LogP contribution in [-0.2, 0) is 4.74 Å². The van der Waals surface area contributed by atoms with E-state index in [1.165, 1.54) is 11.1 Å². The predicted octanol–water partition coefficient (Wildman–Crippen LogP) is 4.69. The van der Waals surface area contributed by atoms with Gasteiger partial charge in [0.05, 0.1) is 0 Å². The molecule has 0 spiro atoms. The summed E-state index contributed by atoms with van der Waals surface area (Å²) < 4.78 is 5.46. The Balaban J connectivity index is 0.00000392. The number of halogens is 1. The van der Waals surface area contributed by atoms with E-state index in [1.54, 1.807) is 4.90 Å². The number of hydrogen-bond donors (Lipinski definition) is 2. The van der Waals surface area contributed by atoms with Crippen molar-refractivity contribution in [2.75, 3.05) is 25.0 Å². The molecule has 2 rings (SSSR count). The van der Waals surface area contributed by atoms with Gasteiger partial charge in [-0.3, -0.25) is 4.99 Å². The van der Waals surface area contributed by atoms with Gasteiger partial charge in [-0.05, 0) is 76.1 Å². The number of ether oxygens (including phenoxy) is 1. The first-order chi connectivity index (χ1) is 12.5. The highest BCUT2D eigenvalue weighted by molar-refractivity contribution is 14.0. The lowest BCUT2D eigenvalue weighted by atomic mass is 9.80. The van der Waals surface area contributed by atoms with Crippen LogP contribution in [0.1, 0.15) is 51.7 Å². The molecular weight excluding hydrogens is 467 g/mol. The van der Waals surface area contributed by atoms with E-state index < -0.39 is 5.60 Å². The molecule has 0 radical (unpaired) electrons. The van der Waals surface area contributed by atoms with Crippen LogP contribution in [0.15, 0.2) is 23.2 Å². The maximum absolute atomic E-state index is 12.2. The van der Waals surface area contributed by atoms with Crippen molar-refractivity contribution in [2.24, 2.45) is 16.1 Å². The van der Waals surface area contributed by atoms with Crippen LogP contribution in [0.3, 0.4) is 0 Å². The summed E-state index contributed by atoms with van der Waals surface area (Å²) in [5.41, 5.74) is 8.99. The summed E-state index contributed by atoms with van der Waals surface area (Å²) in [5.74, 6) is 0.427. The van der Waals surface area contributed by atoms with Gasteiger partial charge in [0.15, 0.2) is 5.96 Å². The molecule has 0 aromatic heterocycles. The lowest BCUT2D eigenvalue weighted by Gasteiger charge is -2.38. The van der Waals surface area contributed by atoms with Gasteiger partial charge in [0, 0.05) is 25.3 Å². The van der Waals surface area contributed by atoms with Gasteiger partial charge >= 0.3 is 6.09 Å². The number of aliphatic imine (C=N–C) groups is 1. The largest absolute Gasteiger partial charge is 0.444 e. The molecule has 1 saturated heterocycles. The van der Waals surface area contributed by atoms with Crippen molar-refractivity contribution in [3.8, 4) is 0 Å². The number of carbonyl (C=O) groups excluding carboxylic acids is 1. The van der Waals surface area contributed by atoms with E-state index in [2.05, 4.69) is 49.3 Å². The lowest BCUT2D eigenvalue weighted by molar-refractivity contribution is 0.0127. The number of amides is 1. The molecule has 0 aliphatic carbocycles. The molecule has 1 heterocycles. The first-order valence-electron chi connectivity index (χ1n) is 9.59. The van der Waals surface area contributed by atoms with E-state index in [0.717, 1.165) is 18.5 Å². The van der Waals surface area contributed by atoms with E-state index in [0.29, 0.717) is 25.6 Å². The number of aryl methyl sites for hydroxylation is 2. The Morgan fingerprint density at radius 3 is 2.25 bits per heavy atom. The summed E-state index contributed by atoms with van der Waals surface area (Å²) in [4.78, 5) is 18.5. The van der Waals surface area contributed by atoms with Crippen LogP contribution >= 0.6 is 24.0 Å². The van der Waals surface area contributed by atoms with Crippen LogP contribution in [0, 0.1) is 19.3 Å². The number of nitrogens with two attached hydrogens (primary N) is 1. The molecular formula is C21H35IN4O2. The van der Waals surface area contributed by atoms with E-state index >= 15 is 0 Å². The molecule has 1 fully saturated rings. The summed E-state index contributed by atoms with van der Waals surface area (Å²) >= 11 is 0. The Morgan fingerprint density at radius 1 is 1.21 bits per heavy atom. The molecule has 6 nitrogen and oxygen atoms in total. The summed E-state index contributed by atoms with van der Waals surface area (Å²) in [6, 6.07) is 6.23. The second-order valence-electron chi connectivity index (χ2n) is 8.98. The zero-order chi connectivity index (χ0) is 20.2. The third-order valence-electron chi connectivity index (χ3n) is 4.75. The summed E-state index contributed by atoms with van der Waals surface area (Å²) in [7, 11) is 0. The van der Waals surface area contributed by atoms with Gasteiger partial charge in [0.25, 0.3) is 0 Å². The molecule has 158 valence electrons. The van der Waals surface area contributed by atoms with Crippen molar-refractivity contribution >= 4 is 41.7 Å². The van der Waals surface area contributed by atoms with Crippen LogP contribution in [0.4, 0.5) is 10.5 Å². The maximum Gasteiger partial charge on any atom is 0.410 e. The van der Waals surface area contributed by atoms with Gasteiger partial charge in [-0.25, -0.2) is 4.79 Å². The third kappa shape index (κ3) is 7.85. The zero-order valence-corrected chi connectivity index (χ0v) is 20.3. The molecule has 0 saturated carbocycles. The number of hydrogen-bond acceptors (Lipinski definition) is 3. The molecule has 28 heavy (non-hydrogen) atoms. The van der Waals surface area contributed by atoms with E-state index in [9.17, 15) is 4.79 Å². The van der Waals surface area contributed by atoms with Crippen LogP contribution in [0.25, 0.3) is 0 Å². The fourth-order valence-electron chi connectivity index (χ4n) is 3.22. The molecule has 1 aliphatic rings. The first-order valence-corrected chi connectivity index (χ1v) is 9.59. The molecule has 1 aliphatic heterocycles. The van der Waals surface area contributed by atoms with Gasteiger partial charge in [-0.2, -0.15) is 0 Å². The summed E-state index contributed by atoms with van der Waals surface area (Å²) in [6.45, 7) is 14.0. The van der Waals surface area contributed by atoms with Gasteiger partial charge in [-0.1, -0.05) is 13.0 Å². The van der Waals surface area contributed by atoms with Crippen LogP contribution in [0.5, 0.6) is 0 Å². The van der Waals surface area contributed by atoms with E-state index in [4.69, 9.17) is 10.5 Å². The molecule has 3 N–H and O–H groups in total. The Kier molecular flexibility index (Phi) is 8.59. The quantitative estimate of drug-likeness (QED) is 0.357. The average molecular weight is 502 g/mol. The molecule has 0 unspecified atom stereocenters. The van der Waals surface area contributed by atoms with Crippen molar-refractivity contribution in [3.05, 3.63) is 29.3 Å². The highest BCUT2D eigenvalue weighted by Crippen LogP contribution is 2.31. The fourth-order valence-corrected chi connectivity index (χ4v) is 3.22. The second kappa shape index (κ2) is 9.80. The van der Waals surface area contributed by atoms with Crippen LogP contribution < -0.4 is 11.1 Å². The first kappa shape index (κ1) is 24.5. The normalized spacial score (nSPS) is 16.9. The number of guanidine groups is 1. The maximum atomic E-state index is 12.2. The Morgan fingerprint density at radius 2 is 1.75 bits per heavy atom. The molecule has 1 amide bonds. The van der Waals surface area contributed by atoms with Crippen molar-refractivity contribution in [3.63, 3.8) is 0 Å². The Bertz CT molecular complexity index is 685. The fraction of sp³-hybridized carbons (Fsp3) is 0.619. The molecule has 1 aromatic carbocycles. The SMILES string of the molecule is Cc1cc(C)cc(NC(N)=NCC2(C)CCN(C(=O)OC(C)(C)C)CC2)c1.I. The molecule has 0 bridgehead atoms. The number of likely N-dealkylation sites (tertiary alicyclic amines) is 1. The number of anilines is 1. The number of piperidine rings is 1. The smallest absolute Gasteiger partial charge is 0.410 e. The number of carbonyl (C=O) groups is 1. The van der Waals surface area contributed by atoms with Gasteiger partial charge in [0.2, 0.25) is 0 Å². The highest BCUT2D eigenvalue weighted by Gasteiger charge is 2.33. The summed E-state index contributed by atoms with van der Waals surface area (Å²) in [6.07, 6.45) is 1.53. The van der Waals surface area contributed by atoms with Crippen molar-refractivity contribution in [1.29, 1.82) is 0 Å². The minimum Gasteiger partial charge on any atom is -0.444 e.